The first kappa shape index (κ1) is 10.8. The SMILES string of the molecule is CC(C)(C)c1cc(Cl)cc(Cl)c1F. The maximum absolute atomic E-state index is 13.5. The lowest BCUT2D eigenvalue weighted by atomic mass is 9.87. The molecule has 0 radical (unpaired) electrons. The molecule has 0 aliphatic carbocycles. The van der Waals surface area contributed by atoms with Gasteiger partial charge in [0.05, 0.1) is 5.02 Å². The maximum atomic E-state index is 13.5. The number of benzene rings is 1. The van der Waals surface area contributed by atoms with E-state index in [1.807, 2.05) is 20.8 Å². The van der Waals surface area contributed by atoms with E-state index in [1.54, 1.807) is 6.07 Å². The Balaban J connectivity index is 3.37. The Bertz CT molecular complexity index is 326. The van der Waals surface area contributed by atoms with Gasteiger partial charge >= 0.3 is 0 Å². The van der Waals surface area contributed by atoms with Crippen LogP contribution in [0.25, 0.3) is 0 Å². The Kier molecular flexibility index (Phi) is 2.88. The molecule has 0 bridgehead atoms. The summed E-state index contributed by atoms with van der Waals surface area (Å²) >= 11 is 11.4. The summed E-state index contributed by atoms with van der Waals surface area (Å²) < 4.78 is 13.5. The summed E-state index contributed by atoms with van der Waals surface area (Å²) in [5.74, 6) is -0.376. The average molecular weight is 221 g/mol. The molecule has 0 fully saturated rings. The van der Waals surface area contributed by atoms with Gasteiger partial charge < -0.3 is 0 Å². The van der Waals surface area contributed by atoms with Crippen LogP contribution >= 0.6 is 23.2 Å². The van der Waals surface area contributed by atoms with Crippen molar-refractivity contribution >= 4 is 23.2 Å². The zero-order valence-corrected chi connectivity index (χ0v) is 9.30. The summed E-state index contributed by atoms with van der Waals surface area (Å²) in [5, 5.41) is 0.550. The first-order valence-corrected chi connectivity index (χ1v) is 4.73. The fourth-order valence-electron chi connectivity index (χ4n) is 1.10. The minimum Gasteiger partial charge on any atom is -0.205 e. The standard InChI is InChI=1S/C10H11Cl2F/c1-10(2,3)7-4-6(11)5-8(12)9(7)13/h4-5H,1-3H3. The Morgan fingerprint density at radius 3 is 2.15 bits per heavy atom. The molecule has 0 saturated carbocycles. The van der Waals surface area contributed by atoms with Crippen LogP contribution in [-0.2, 0) is 5.41 Å². The smallest absolute Gasteiger partial charge is 0.145 e. The zero-order chi connectivity index (χ0) is 10.2. The largest absolute Gasteiger partial charge is 0.205 e. The highest BCUT2D eigenvalue weighted by molar-refractivity contribution is 6.34. The summed E-state index contributed by atoms with van der Waals surface area (Å²) in [6.45, 7) is 5.74. The highest BCUT2D eigenvalue weighted by Gasteiger charge is 2.20. The molecule has 1 rings (SSSR count). The second-order valence-corrected chi connectivity index (χ2v) is 4.84. The molecular weight excluding hydrogens is 210 g/mol. The lowest BCUT2D eigenvalue weighted by Crippen LogP contribution is -2.13. The molecule has 1 aromatic carbocycles. The summed E-state index contributed by atoms with van der Waals surface area (Å²) in [7, 11) is 0. The second-order valence-electron chi connectivity index (χ2n) is 4.00. The highest BCUT2D eigenvalue weighted by Crippen LogP contribution is 2.31. The Morgan fingerprint density at radius 1 is 1.15 bits per heavy atom. The van der Waals surface area contributed by atoms with E-state index >= 15 is 0 Å². The van der Waals surface area contributed by atoms with E-state index in [0.717, 1.165) is 0 Å². The van der Waals surface area contributed by atoms with E-state index in [4.69, 9.17) is 23.2 Å². The topological polar surface area (TPSA) is 0 Å². The van der Waals surface area contributed by atoms with Crippen molar-refractivity contribution in [3.63, 3.8) is 0 Å². The monoisotopic (exact) mass is 220 g/mol. The van der Waals surface area contributed by atoms with E-state index in [9.17, 15) is 4.39 Å². The van der Waals surface area contributed by atoms with E-state index in [2.05, 4.69) is 0 Å². The zero-order valence-electron chi connectivity index (χ0n) is 7.79. The van der Waals surface area contributed by atoms with Crippen LogP contribution in [0.4, 0.5) is 4.39 Å². The van der Waals surface area contributed by atoms with E-state index in [0.29, 0.717) is 10.6 Å². The molecular formula is C10H11Cl2F. The molecule has 13 heavy (non-hydrogen) atoms. The quantitative estimate of drug-likeness (QED) is 0.568. The van der Waals surface area contributed by atoms with Crippen LogP contribution in [-0.4, -0.2) is 0 Å². The number of hydrogen-bond acceptors (Lipinski definition) is 0. The van der Waals surface area contributed by atoms with Gasteiger partial charge in [0, 0.05) is 5.02 Å². The molecule has 1 aromatic rings. The third-order valence-corrected chi connectivity index (χ3v) is 2.29. The van der Waals surface area contributed by atoms with E-state index in [-0.39, 0.29) is 16.3 Å². The Hall–Kier alpha value is -0.270. The van der Waals surface area contributed by atoms with Crippen LogP contribution in [0.3, 0.4) is 0 Å². The van der Waals surface area contributed by atoms with Crippen molar-refractivity contribution in [1.29, 1.82) is 0 Å². The predicted molar refractivity (Wildman–Crippen MR) is 55.1 cm³/mol. The van der Waals surface area contributed by atoms with Gasteiger partial charge in [0.25, 0.3) is 0 Å². The van der Waals surface area contributed by atoms with Crippen molar-refractivity contribution in [1.82, 2.24) is 0 Å². The van der Waals surface area contributed by atoms with Gasteiger partial charge in [-0.05, 0) is 23.1 Å². The molecule has 0 saturated heterocycles. The summed E-state index contributed by atoms with van der Waals surface area (Å²) in [6.07, 6.45) is 0. The minimum absolute atomic E-state index is 0.0809. The van der Waals surface area contributed by atoms with E-state index < -0.39 is 0 Å². The molecule has 3 heteroatoms. The molecule has 0 amide bonds. The molecule has 0 atom stereocenters. The molecule has 0 N–H and O–H groups in total. The van der Waals surface area contributed by atoms with Gasteiger partial charge in [0.15, 0.2) is 0 Å². The molecule has 0 aliphatic heterocycles. The van der Waals surface area contributed by atoms with Crippen LogP contribution in [0.15, 0.2) is 12.1 Å². The number of rotatable bonds is 0. The van der Waals surface area contributed by atoms with Gasteiger partial charge in [-0.1, -0.05) is 44.0 Å². The van der Waals surface area contributed by atoms with Crippen molar-refractivity contribution in [3.05, 3.63) is 33.6 Å². The minimum atomic E-state index is -0.376. The predicted octanol–water partition coefficient (Wildman–Crippen LogP) is 4.43. The summed E-state index contributed by atoms with van der Waals surface area (Å²) in [4.78, 5) is 0. The van der Waals surface area contributed by atoms with Crippen LogP contribution < -0.4 is 0 Å². The lowest BCUT2D eigenvalue weighted by Gasteiger charge is -2.20. The third-order valence-electron chi connectivity index (χ3n) is 1.80. The lowest BCUT2D eigenvalue weighted by molar-refractivity contribution is 0.523. The van der Waals surface area contributed by atoms with Crippen LogP contribution in [0.1, 0.15) is 26.3 Å². The summed E-state index contributed by atoms with van der Waals surface area (Å²) in [6, 6.07) is 3.02. The van der Waals surface area contributed by atoms with Crippen molar-refractivity contribution in [2.24, 2.45) is 0 Å². The van der Waals surface area contributed by atoms with Crippen LogP contribution in [0.2, 0.25) is 10.0 Å². The Morgan fingerprint density at radius 2 is 1.69 bits per heavy atom. The molecule has 0 aliphatic rings. The Labute approximate surface area is 87.7 Å². The molecule has 0 aromatic heterocycles. The number of halogens is 3. The van der Waals surface area contributed by atoms with Crippen molar-refractivity contribution in [3.8, 4) is 0 Å². The van der Waals surface area contributed by atoms with Gasteiger partial charge in [0.1, 0.15) is 5.82 Å². The third kappa shape index (κ3) is 2.35. The van der Waals surface area contributed by atoms with Gasteiger partial charge in [-0.3, -0.25) is 0 Å². The van der Waals surface area contributed by atoms with Crippen molar-refractivity contribution < 1.29 is 4.39 Å². The van der Waals surface area contributed by atoms with Gasteiger partial charge in [-0.15, -0.1) is 0 Å². The van der Waals surface area contributed by atoms with Gasteiger partial charge in [-0.25, -0.2) is 4.39 Å². The summed E-state index contributed by atoms with van der Waals surface area (Å²) in [5.41, 5.74) is 0.267. The average Bonchev–Trinajstić information content (AvgIpc) is 1.94. The maximum Gasteiger partial charge on any atom is 0.145 e. The van der Waals surface area contributed by atoms with Crippen LogP contribution in [0.5, 0.6) is 0 Å². The normalized spacial score (nSPS) is 11.8. The van der Waals surface area contributed by atoms with Gasteiger partial charge in [-0.2, -0.15) is 0 Å². The molecule has 0 heterocycles. The number of hydrogen-bond donors (Lipinski definition) is 0. The fourth-order valence-corrected chi connectivity index (χ4v) is 1.60. The van der Waals surface area contributed by atoms with E-state index in [1.165, 1.54) is 6.07 Å². The first-order valence-electron chi connectivity index (χ1n) is 3.97. The first-order chi connectivity index (χ1) is 5.82. The molecule has 0 nitrogen and oxygen atoms in total. The van der Waals surface area contributed by atoms with Gasteiger partial charge in [0.2, 0.25) is 0 Å². The molecule has 72 valence electrons. The van der Waals surface area contributed by atoms with Crippen molar-refractivity contribution in [2.75, 3.05) is 0 Å². The second kappa shape index (κ2) is 3.47. The fraction of sp³-hybridized carbons (Fsp3) is 0.400. The van der Waals surface area contributed by atoms with Crippen molar-refractivity contribution in [2.45, 2.75) is 26.2 Å². The molecule has 0 unspecified atom stereocenters. The molecule has 0 spiro atoms. The highest BCUT2D eigenvalue weighted by atomic mass is 35.5. The van der Waals surface area contributed by atoms with Crippen LogP contribution in [0, 0.1) is 5.82 Å².